The first-order valence-electron chi connectivity index (χ1n) is 6.32. The van der Waals surface area contributed by atoms with Gasteiger partial charge in [0.25, 0.3) is 0 Å². The van der Waals surface area contributed by atoms with Crippen molar-refractivity contribution in [3.63, 3.8) is 0 Å². The van der Waals surface area contributed by atoms with Crippen molar-refractivity contribution in [2.45, 2.75) is 33.4 Å². The van der Waals surface area contributed by atoms with E-state index < -0.39 is 0 Å². The molecule has 1 N–H and O–H groups in total. The molecule has 0 atom stereocenters. The van der Waals surface area contributed by atoms with Gasteiger partial charge in [-0.1, -0.05) is 29.3 Å². The van der Waals surface area contributed by atoms with E-state index in [0.29, 0.717) is 0 Å². The number of hydrogen-bond donors (Lipinski definition) is 1. The van der Waals surface area contributed by atoms with E-state index in [1.807, 2.05) is 6.20 Å². The molecule has 0 radical (unpaired) electrons. The lowest BCUT2D eigenvalue weighted by molar-refractivity contribution is 0.756. The van der Waals surface area contributed by atoms with Gasteiger partial charge in [0.05, 0.1) is 5.69 Å². The molecular formula is C15H17N3. The quantitative estimate of drug-likeness (QED) is 0.873. The average Bonchev–Trinajstić information content (AvgIpc) is 2.74. The zero-order valence-corrected chi connectivity index (χ0v) is 10.8. The Morgan fingerprint density at radius 2 is 1.89 bits per heavy atom. The summed E-state index contributed by atoms with van der Waals surface area (Å²) in [6, 6.07) is 6.61. The van der Waals surface area contributed by atoms with E-state index in [0.717, 1.165) is 31.0 Å². The number of benzene rings is 1. The van der Waals surface area contributed by atoms with E-state index in [-0.39, 0.29) is 0 Å². The molecule has 1 aromatic heterocycles. The number of rotatable bonds is 2. The van der Waals surface area contributed by atoms with Crippen LogP contribution in [0, 0.1) is 13.8 Å². The van der Waals surface area contributed by atoms with E-state index in [1.165, 1.54) is 22.3 Å². The summed E-state index contributed by atoms with van der Waals surface area (Å²) in [5.74, 6) is 0.919. The molecule has 0 saturated heterocycles. The van der Waals surface area contributed by atoms with Gasteiger partial charge in [-0.05, 0) is 19.4 Å². The van der Waals surface area contributed by atoms with Crippen LogP contribution in [0.5, 0.6) is 0 Å². The summed E-state index contributed by atoms with van der Waals surface area (Å²) in [7, 11) is 0. The molecule has 3 rings (SSSR count). The molecule has 0 bridgehead atoms. The minimum Gasteiger partial charge on any atom is -0.307 e. The first kappa shape index (κ1) is 11.4. The zero-order valence-electron chi connectivity index (χ0n) is 10.8. The van der Waals surface area contributed by atoms with Crippen molar-refractivity contribution in [2.24, 2.45) is 0 Å². The molecule has 1 aromatic carbocycles. The predicted octanol–water partition coefficient (Wildman–Crippen LogP) is 2.29. The van der Waals surface area contributed by atoms with Crippen molar-refractivity contribution in [3.8, 4) is 0 Å². The van der Waals surface area contributed by atoms with Crippen LogP contribution >= 0.6 is 0 Å². The van der Waals surface area contributed by atoms with Crippen molar-refractivity contribution in [1.82, 2.24) is 15.3 Å². The second-order valence-corrected chi connectivity index (χ2v) is 5.03. The van der Waals surface area contributed by atoms with Crippen LogP contribution in [0.15, 0.2) is 24.4 Å². The lowest BCUT2D eigenvalue weighted by Gasteiger charge is -2.05. The number of aromatic nitrogens is 2. The van der Waals surface area contributed by atoms with Crippen LogP contribution in [0.3, 0.4) is 0 Å². The van der Waals surface area contributed by atoms with Crippen LogP contribution in [0.1, 0.15) is 33.8 Å². The Balaban J connectivity index is 1.88. The molecule has 18 heavy (non-hydrogen) atoms. The molecule has 0 saturated carbocycles. The predicted molar refractivity (Wildman–Crippen MR) is 71.3 cm³/mol. The van der Waals surface area contributed by atoms with Crippen LogP contribution in [0.4, 0.5) is 0 Å². The Kier molecular flexibility index (Phi) is 2.84. The molecule has 0 amide bonds. The number of hydrogen-bond acceptors (Lipinski definition) is 3. The van der Waals surface area contributed by atoms with Gasteiger partial charge in [-0.15, -0.1) is 0 Å². The van der Waals surface area contributed by atoms with Crippen molar-refractivity contribution < 1.29 is 0 Å². The highest BCUT2D eigenvalue weighted by Crippen LogP contribution is 2.15. The highest BCUT2D eigenvalue weighted by atomic mass is 15.0. The lowest BCUT2D eigenvalue weighted by atomic mass is 10.0. The number of nitrogens with zero attached hydrogens (tertiary/aromatic N) is 2. The first-order valence-corrected chi connectivity index (χ1v) is 6.32. The smallest absolute Gasteiger partial charge is 0.132 e. The van der Waals surface area contributed by atoms with Gasteiger partial charge in [-0.25, -0.2) is 9.97 Å². The third-order valence-corrected chi connectivity index (χ3v) is 3.26. The van der Waals surface area contributed by atoms with Gasteiger partial charge in [0.1, 0.15) is 5.82 Å². The van der Waals surface area contributed by atoms with Crippen LogP contribution in [-0.2, 0) is 19.5 Å². The molecule has 0 aliphatic carbocycles. The van der Waals surface area contributed by atoms with E-state index in [4.69, 9.17) is 0 Å². The maximum atomic E-state index is 4.63. The van der Waals surface area contributed by atoms with E-state index >= 15 is 0 Å². The lowest BCUT2D eigenvalue weighted by Crippen LogP contribution is -2.02. The summed E-state index contributed by atoms with van der Waals surface area (Å²) in [4.78, 5) is 9.09. The summed E-state index contributed by atoms with van der Waals surface area (Å²) >= 11 is 0. The number of aryl methyl sites for hydroxylation is 2. The van der Waals surface area contributed by atoms with E-state index in [1.54, 1.807) is 0 Å². The molecule has 2 heterocycles. The summed E-state index contributed by atoms with van der Waals surface area (Å²) in [5, 5.41) is 3.29. The molecule has 3 nitrogen and oxygen atoms in total. The van der Waals surface area contributed by atoms with Gasteiger partial charge in [0.15, 0.2) is 0 Å². The topological polar surface area (TPSA) is 37.8 Å². The van der Waals surface area contributed by atoms with Crippen molar-refractivity contribution in [3.05, 3.63) is 58.2 Å². The molecule has 2 aromatic rings. The first-order chi connectivity index (χ1) is 8.70. The highest BCUT2D eigenvalue weighted by molar-refractivity contribution is 5.31. The SMILES string of the molecule is Cc1cc(C)cc(Cc2ncc3c(n2)CNC3)c1. The molecule has 3 heteroatoms. The summed E-state index contributed by atoms with van der Waals surface area (Å²) in [6.07, 6.45) is 2.77. The summed E-state index contributed by atoms with van der Waals surface area (Å²) in [6.45, 7) is 6.03. The van der Waals surface area contributed by atoms with Crippen LogP contribution in [0.25, 0.3) is 0 Å². The summed E-state index contributed by atoms with van der Waals surface area (Å²) < 4.78 is 0. The fraction of sp³-hybridized carbons (Fsp3) is 0.333. The second-order valence-electron chi connectivity index (χ2n) is 5.03. The van der Waals surface area contributed by atoms with Gasteiger partial charge in [-0.3, -0.25) is 0 Å². The largest absolute Gasteiger partial charge is 0.307 e. The number of nitrogens with one attached hydrogen (secondary N) is 1. The van der Waals surface area contributed by atoms with Gasteiger partial charge in [-0.2, -0.15) is 0 Å². The van der Waals surface area contributed by atoms with Crippen LogP contribution in [-0.4, -0.2) is 9.97 Å². The molecule has 1 aliphatic heterocycles. The normalized spacial score (nSPS) is 13.7. The van der Waals surface area contributed by atoms with Crippen molar-refractivity contribution in [2.75, 3.05) is 0 Å². The standard InChI is InChI=1S/C15H17N3/c1-10-3-11(2)5-12(4-10)6-15-17-8-13-7-16-9-14(13)18-15/h3-5,8,16H,6-7,9H2,1-2H3. The Labute approximate surface area is 107 Å². The Bertz CT molecular complexity index is 570. The Hall–Kier alpha value is -1.74. The maximum absolute atomic E-state index is 4.63. The minimum absolute atomic E-state index is 0.815. The average molecular weight is 239 g/mol. The molecule has 0 spiro atoms. The van der Waals surface area contributed by atoms with Crippen LogP contribution < -0.4 is 5.32 Å². The fourth-order valence-electron chi connectivity index (χ4n) is 2.54. The molecule has 92 valence electrons. The maximum Gasteiger partial charge on any atom is 0.132 e. The monoisotopic (exact) mass is 239 g/mol. The van der Waals surface area contributed by atoms with Gasteiger partial charge >= 0.3 is 0 Å². The van der Waals surface area contributed by atoms with Crippen molar-refractivity contribution >= 4 is 0 Å². The summed E-state index contributed by atoms with van der Waals surface area (Å²) in [5.41, 5.74) is 6.28. The van der Waals surface area contributed by atoms with Crippen molar-refractivity contribution in [1.29, 1.82) is 0 Å². The van der Waals surface area contributed by atoms with Gasteiger partial charge in [0, 0.05) is 31.3 Å². The third-order valence-electron chi connectivity index (χ3n) is 3.26. The molecule has 0 unspecified atom stereocenters. The van der Waals surface area contributed by atoms with E-state index in [9.17, 15) is 0 Å². The molecular weight excluding hydrogens is 222 g/mol. The number of fused-ring (bicyclic) bond motifs is 1. The van der Waals surface area contributed by atoms with Gasteiger partial charge in [0.2, 0.25) is 0 Å². The third kappa shape index (κ3) is 2.27. The molecule has 0 fully saturated rings. The Morgan fingerprint density at radius 3 is 2.67 bits per heavy atom. The molecule has 1 aliphatic rings. The van der Waals surface area contributed by atoms with Gasteiger partial charge < -0.3 is 5.32 Å². The highest BCUT2D eigenvalue weighted by Gasteiger charge is 2.12. The zero-order chi connectivity index (χ0) is 12.5. The fourth-order valence-corrected chi connectivity index (χ4v) is 2.54. The minimum atomic E-state index is 0.815. The second kappa shape index (κ2) is 4.50. The van der Waals surface area contributed by atoms with Crippen LogP contribution in [0.2, 0.25) is 0 Å². The Morgan fingerprint density at radius 1 is 1.11 bits per heavy atom. The van der Waals surface area contributed by atoms with E-state index in [2.05, 4.69) is 47.3 Å².